The summed E-state index contributed by atoms with van der Waals surface area (Å²) in [6, 6.07) is 4.27. The summed E-state index contributed by atoms with van der Waals surface area (Å²) in [6.45, 7) is 7.21. The number of hydrogen-bond acceptors (Lipinski definition) is 1. The van der Waals surface area contributed by atoms with Gasteiger partial charge in [0.2, 0.25) is 0 Å². The first-order valence-electron chi connectivity index (χ1n) is 5.06. The molecule has 2 heteroatoms. The smallest absolute Gasteiger partial charge is 0.141 e. The summed E-state index contributed by atoms with van der Waals surface area (Å²) in [5.41, 5.74) is 2.43. The summed E-state index contributed by atoms with van der Waals surface area (Å²) in [5, 5.41) is 0.807. The second-order valence-electron chi connectivity index (χ2n) is 4.25. The number of fused-ring (bicyclic) bond motifs is 1. The number of benzene rings is 1. The van der Waals surface area contributed by atoms with Gasteiger partial charge >= 0.3 is 0 Å². The van der Waals surface area contributed by atoms with Gasteiger partial charge in [-0.05, 0) is 11.5 Å². The van der Waals surface area contributed by atoms with E-state index in [0.717, 1.165) is 17.4 Å². The maximum Gasteiger partial charge on any atom is 0.141 e. The predicted octanol–water partition coefficient (Wildman–Crippen LogP) is 3.96. The Morgan fingerprint density at radius 2 is 2.14 bits per heavy atom. The van der Waals surface area contributed by atoms with Crippen LogP contribution in [0.3, 0.4) is 0 Å². The lowest BCUT2D eigenvalue weighted by Crippen LogP contribution is -1.93. The zero-order valence-corrected chi connectivity index (χ0v) is 9.56. The molecule has 2 rings (SSSR count). The van der Waals surface area contributed by atoms with Gasteiger partial charge in [0.05, 0.1) is 11.6 Å². The number of halogens is 1. The summed E-state index contributed by atoms with van der Waals surface area (Å²) in [5.74, 6) is 1.83. The molecule has 0 aliphatic carbocycles. The zero-order chi connectivity index (χ0) is 10.3. The molecule has 0 radical (unpaired) electrons. The first-order valence-corrected chi connectivity index (χ1v) is 5.44. The quantitative estimate of drug-likeness (QED) is 0.682. The van der Waals surface area contributed by atoms with Crippen molar-refractivity contribution < 1.29 is 4.74 Å². The van der Waals surface area contributed by atoms with Crippen molar-refractivity contribution in [3.05, 3.63) is 28.3 Å². The molecule has 76 valence electrons. The molecule has 0 saturated heterocycles. The third kappa shape index (κ3) is 1.40. The van der Waals surface area contributed by atoms with E-state index in [1.165, 1.54) is 11.1 Å². The molecule has 1 heterocycles. The van der Waals surface area contributed by atoms with Gasteiger partial charge in [-0.25, -0.2) is 0 Å². The fourth-order valence-electron chi connectivity index (χ4n) is 1.86. The fraction of sp³-hybridized carbons (Fsp3) is 0.500. The van der Waals surface area contributed by atoms with E-state index in [2.05, 4.69) is 32.9 Å². The topological polar surface area (TPSA) is 9.23 Å². The summed E-state index contributed by atoms with van der Waals surface area (Å²) in [7, 11) is 0. The Morgan fingerprint density at radius 1 is 1.43 bits per heavy atom. The van der Waals surface area contributed by atoms with Crippen LogP contribution >= 0.6 is 11.6 Å². The molecular weight excluding hydrogens is 196 g/mol. The fourth-order valence-corrected chi connectivity index (χ4v) is 2.31. The highest BCUT2D eigenvalue weighted by Gasteiger charge is 2.24. The van der Waals surface area contributed by atoms with E-state index >= 15 is 0 Å². The molecule has 1 aliphatic heterocycles. The van der Waals surface area contributed by atoms with Gasteiger partial charge in [-0.2, -0.15) is 0 Å². The molecule has 0 N–H and O–H groups in total. The molecule has 1 atom stereocenters. The first kappa shape index (κ1) is 9.85. The molecule has 0 spiro atoms. The Labute approximate surface area is 90.0 Å². The number of ether oxygens (including phenoxy) is 1. The van der Waals surface area contributed by atoms with Crippen molar-refractivity contribution in [2.24, 2.45) is 0 Å². The molecule has 1 nitrogen and oxygen atoms in total. The third-order valence-electron chi connectivity index (χ3n) is 2.79. The highest BCUT2D eigenvalue weighted by Crippen LogP contribution is 2.42. The van der Waals surface area contributed by atoms with Gasteiger partial charge in [0.1, 0.15) is 5.75 Å². The lowest BCUT2D eigenvalue weighted by molar-refractivity contribution is 0.337. The molecule has 0 amide bonds. The summed E-state index contributed by atoms with van der Waals surface area (Å²) < 4.78 is 5.60. The van der Waals surface area contributed by atoms with Crippen LogP contribution in [0, 0.1) is 0 Å². The van der Waals surface area contributed by atoms with Crippen LogP contribution in [-0.4, -0.2) is 6.61 Å². The van der Waals surface area contributed by atoms with Gasteiger partial charge in [0, 0.05) is 11.5 Å². The van der Waals surface area contributed by atoms with Crippen LogP contribution in [0.5, 0.6) is 5.75 Å². The van der Waals surface area contributed by atoms with Crippen LogP contribution < -0.4 is 4.74 Å². The highest BCUT2D eigenvalue weighted by molar-refractivity contribution is 6.33. The molecule has 1 aromatic carbocycles. The van der Waals surface area contributed by atoms with Crippen LogP contribution in [-0.2, 0) is 0 Å². The molecule has 0 fully saturated rings. The molecular formula is C12H15ClO. The van der Waals surface area contributed by atoms with Gasteiger partial charge in [-0.1, -0.05) is 44.5 Å². The average molecular weight is 211 g/mol. The minimum absolute atomic E-state index is 0.451. The second kappa shape index (κ2) is 3.47. The Hall–Kier alpha value is -0.690. The molecule has 14 heavy (non-hydrogen) atoms. The van der Waals surface area contributed by atoms with Crippen molar-refractivity contribution in [2.45, 2.75) is 32.6 Å². The van der Waals surface area contributed by atoms with E-state index in [1.54, 1.807) is 0 Å². The van der Waals surface area contributed by atoms with Crippen LogP contribution in [0.2, 0.25) is 5.02 Å². The standard InChI is InChI=1S/C12H15ClO/c1-7(2)9-4-5-10-8(3)6-14-12(10)11(9)13/h4-5,7-8H,6H2,1-3H3. The molecule has 0 aromatic heterocycles. The van der Waals surface area contributed by atoms with Gasteiger partial charge < -0.3 is 4.74 Å². The Kier molecular flexibility index (Phi) is 2.44. The maximum atomic E-state index is 6.29. The summed E-state index contributed by atoms with van der Waals surface area (Å²) in [6.07, 6.45) is 0. The van der Waals surface area contributed by atoms with Crippen molar-refractivity contribution in [2.75, 3.05) is 6.61 Å². The normalized spacial score (nSPS) is 19.6. The van der Waals surface area contributed by atoms with Crippen molar-refractivity contribution in [1.29, 1.82) is 0 Å². The second-order valence-corrected chi connectivity index (χ2v) is 4.63. The molecule has 1 aromatic rings. The minimum atomic E-state index is 0.451. The van der Waals surface area contributed by atoms with E-state index in [9.17, 15) is 0 Å². The van der Waals surface area contributed by atoms with Gasteiger partial charge in [-0.3, -0.25) is 0 Å². The maximum absolute atomic E-state index is 6.29. The van der Waals surface area contributed by atoms with E-state index < -0.39 is 0 Å². The van der Waals surface area contributed by atoms with Crippen molar-refractivity contribution >= 4 is 11.6 Å². The lowest BCUT2D eigenvalue weighted by atomic mass is 9.97. The molecule has 0 bridgehead atoms. The molecule has 0 saturated carbocycles. The van der Waals surface area contributed by atoms with Crippen LogP contribution in [0.4, 0.5) is 0 Å². The van der Waals surface area contributed by atoms with E-state index in [4.69, 9.17) is 16.3 Å². The Morgan fingerprint density at radius 3 is 2.79 bits per heavy atom. The molecule has 1 unspecified atom stereocenters. The van der Waals surface area contributed by atoms with Gasteiger partial charge in [0.25, 0.3) is 0 Å². The largest absolute Gasteiger partial charge is 0.491 e. The lowest BCUT2D eigenvalue weighted by Gasteiger charge is -2.11. The van der Waals surface area contributed by atoms with Crippen LogP contribution in [0.25, 0.3) is 0 Å². The van der Waals surface area contributed by atoms with Gasteiger partial charge in [0.15, 0.2) is 0 Å². The third-order valence-corrected chi connectivity index (χ3v) is 3.18. The Bertz CT molecular complexity index is 358. The van der Waals surface area contributed by atoms with Crippen LogP contribution in [0.1, 0.15) is 43.7 Å². The van der Waals surface area contributed by atoms with Crippen LogP contribution in [0.15, 0.2) is 12.1 Å². The minimum Gasteiger partial charge on any atom is -0.491 e. The van der Waals surface area contributed by atoms with Crippen molar-refractivity contribution in [1.82, 2.24) is 0 Å². The average Bonchev–Trinajstić information content (AvgIpc) is 2.49. The first-order chi connectivity index (χ1) is 6.61. The number of rotatable bonds is 1. The molecule has 1 aliphatic rings. The van der Waals surface area contributed by atoms with Gasteiger partial charge in [-0.15, -0.1) is 0 Å². The SMILES string of the molecule is CC(C)c1ccc2c(c1Cl)OCC2C. The van der Waals surface area contributed by atoms with E-state index in [-0.39, 0.29) is 0 Å². The monoisotopic (exact) mass is 210 g/mol. The highest BCUT2D eigenvalue weighted by atomic mass is 35.5. The predicted molar refractivity (Wildman–Crippen MR) is 59.5 cm³/mol. The van der Waals surface area contributed by atoms with E-state index in [1.807, 2.05) is 0 Å². The summed E-state index contributed by atoms with van der Waals surface area (Å²) in [4.78, 5) is 0. The van der Waals surface area contributed by atoms with Crippen molar-refractivity contribution in [3.63, 3.8) is 0 Å². The van der Waals surface area contributed by atoms with E-state index in [0.29, 0.717) is 11.8 Å². The Balaban J connectivity index is 2.53. The zero-order valence-electron chi connectivity index (χ0n) is 8.80. The van der Waals surface area contributed by atoms with Crippen molar-refractivity contribution in [3.8, 4) is 5.75 Å². The summed E-state index contributed by atoms with van der Waals surface area (Å²) >= 11 is 6.29. The number of hydrogen-bond donors (Lipinski definition) is 0.